The Kier molecular flexibility index (Phi) is 33.0. The van der Waals surface area contributed by atoms with Crippen LogP contribution in [0.1, 0.15) is 0 Å². The van der Waals surface area contributed by atoms with Gasteiger partial charge in [-0.3, -0.25) is 0 Å². The van der Waals surface area contributed by atoms with E-state index in [2.05, 4.69) is 0 Å². The molecule has 0 aromatic carbocycles. The highest BCUT2D eigenvalue weighted by Gasteiger charge is 2.58. The van der Waals surface area contributed by atoms with Gasteiger partial charge in [0.1, 0.15) is 0 Å². The summed E-state index contributed by atoms with van der Waals surface area (Å²) in [6, 6.07) is 0. The molecule has 0 saturated carbocycles. The van der Waals surface area contributed by atoms with E-state index >= 15 is 0 Å². The van der Waals surface area contributed by atoms with Gasteiger partial charge >= 0.3 is 0 Å². The molecule has 0 atom stereocenters. The van der Waals surface area contributed by atoms with Gasteiger partial charge in [0.15, 0.2) is 0 Å². The molecule has 63 heteroatoms. The summed E-state index contributed by atoms with van der Waals surface area (Å²) in [6.07, 6.45) is -41.1. The van der Waals surface area contributed by atoms with E-state index in [4.69, 9.17) is 248 Å². The molecule has 63 heavy (non-hydrogen) atoms. The van der Waals surface area contributed by atoms with Gasteiger partial charge in [0.25, 0.3) is 0 Å². The summed E-state index contributed by atoms with van der Waals surface area (Å²) in [6.45, 7) is 0. The average Bonchev–Trinajstić information content (AvgIpc) is 3.05. The summed E-state index contributed by atoms with van der Waals surface area (Å²) in [7, 11) is 211. The monoisotopic (exact) mass is 694 g/mol. The highest BCUT2D eigenvalue weighted by atomic mass is 13.4. The minimum Gasteiger partial charge on any atom is -0.687 e. The first kappa shape index (κ1) is 67.1. The van der Waals surface area contributed by atoms with Gasteiger partial charge in [0, 0.05) is 124 Å². The van der Waals surface area contributed by atoms with Crippen molar-refractivity contribution in [2.75, 3.05) is 0 Å². The minimum absolute atomic E-state index is 1.28. The second-order valence-electron chi connectivity index (χ2n) is 17.5. The lowest BCUT2D eigenvalue weighted by atomic mass is 8.27. The molecule has 0 aliphatic carbocycles. The van der Waals surface area contributed by atoms with Crippen LogP contribution in [0, 0.1) is 0 Å². The third-order valence-electron chi connectivity index (χ3n) is 12.9. The molecule has 0 unspecified atom stereocenters. The zero-order valence-electron chi connectivity index (χ0n) is 36.4. The second-order valence-corrected chi connectivity index (χ2v) is 17.5. The van der Waals surface area contributed by atoms with Gasteiger partial charge in [-0.15, -0.1) is 0 Å². The van der Waals surface area contributed by atoms with Crippen molar-refractivity contribution in [2.45, 2.75) is 0 Å². The molecule has 0 spiro atoms. The molecular formula is B63-. The highest BCUT2D eigenvalue weighted by molar-refractivity contribution is 8.34. The molecule has 0 rings (SSSR count). The maximum absolute atomic E-state index is 6.55. The lowest BCUT2D eigenvalue weighted by molar-refractivity contribution is 3.21. The van der Waals surface area contributed by atoms with E-state index in [1.807, 2.05) is 0 Å². The summed E-state index contributed by atoms with van der Waals surface area (Å²) in [4.78, 5) is 0. The van der Waals surface area contributed by atoms with Crippen LogP contribution in [-0.4, -0.2) is 446 Å². The summed E-state index contributed by atoms with van der Waals surface area (Å²) in [5.74, 6) is 0. The van der Waals surface area contributed by atoms with Crippen molar-refractivity contribution in [1.29, 1.82) is 0 Å². The van der Waals surface area contributed by atoms with Crippen molar-refractivity contribution in [3.63, 3.8) is 0 Å². The molecule has 190 valence electrons. The molecule has 0 saturated heterocycles. The average molecular weight is 681 g/mol. The highest BCUT2D eigenvalue weighted by Crippen LogP contribution is 2.20. The Morgan fingerprint density at radius 3 is 0.381 bits per heavy atom. The molecule has 0 aromatic rings. The summed E-state index contributed by atoms with van der Waals surface area (Å²) in [5.41, 5.74) is 0. The Bertz CT molecular complexity index is 830. The molecule has 0 nitrogen and oxygen atoms in total. The van der Waals surface area contributed by atoms with Crippen molar-refractivity contribution in [3.05, 3.63) is 0 Å². The van der Waals surface area contributed by atoms with E-state index in [1.165, 1.54) is 0 Å². The zero-order valence-corrected chi connectivity index (χ0v) is 36.4. The van der Waals surface area contributed by atoms with Gasteiger partial charge in [-0.1, -0.05) is 0 Å². The fourth-order valence-electron chi connectivity index (χ4n) is 10.5. The van der Waals surface area contributed by atoms with E-state index in [0.717, 1.165) is 0 Å². The van der Waals surface area contributed by atoms with Crippen LogP contribution in [0.2, 0.25) is 0 Å². The van der Waals surface area contributed by atoms with Crippen molar-refractivity contribution in [2.24, 2.45) is 0 Å². The Balaban J connectivity index is 10.3. The van der Waals surface area contributed by atoms with E-state index in [0.29, 0.717) is 0 Å². The Hall–Kier alpha value is 4.09. The Morgan fingerprint density at radius 1 is 0.175 bits per heavy atom. The van der Waals surface area contributed by atoms with Gasteiger partial charge in [-0.25, -0.2) is 6.39 Å². The lowest BCUT2D eigenvalue weighted by Crippen LogP contribution is -2.93. The molecule has 0 fully saturated rings. The topological polar surface area (TPSA) is 0 Å². The Labute approximate surface area is 442 Å². The van der Waals surface area contributed by atoms with E-state index in [-0.39, 0.29) is 0 Å². The summed E-state index contributed by atoms with van der Waals surface area (Å²) in [5, 5.41) is 0. The van der Waals surface area contributed by atoms with Crippen LogP contribution >= 0.6 is 0 Å². The van der Waals surface area contributed by atoms with Crippen LogP contribution in [0.3, 0.4) is 0 Å². The molecular weight excluding hydrogens is 681 g/mol. The van der Waals surface area contributed by atoms with Gasteiger partial charge in [0.05, 0.1) is 0 Å². The van der Waals surface area contributed by atoms with Crippen molar-refractivity contribution in [1.82, 2.24) is 0 Å². The fourth-order valence-corrected chi connectivity index (χ4v) is 10.5. The smallest absolute Gasteiger partial charge is 0 e. The van der Waals surface area contributed by atoms with Crippen molar-refractivity contribution < 1.29 is 0 Å². The zero-order chi connectivity index (χ0) is 50.0. The molecule has 66 radical (unpaired) electrons. The molecule has 0 amide bonds. The molecule has 0 N–H and O–H groups in total. The van der Waals surface area contributed by atoms with Crippen LogP contribution in [-0.2, 0) is 0 Å². The van der Waals surface area contributed by atoms with Gasteiger partial charge in [0.2, 0.25) is 0 Å². The lowest BCUT2D eigenvalue weighted by Gasteiger charge is -2.56. The van der Waals surface area contributed by atoms with Crippen molar-refractivity contribution >= 4 is 446 Å². The third kappa shape index (κ3) is 18.8. The molecule has 0 aromatic heterocycles. The molecule has 0 heterocycles. The SMILES string of the molecule is [B]B([B])B(B([B])[B])B(B([B]B(B(B(B([B])[B])B([B])[B])B(B([B])[B])B([B])[B])B(B(B([B])[B])B([B])[B])B(B([B])[B])B([B])[B-])B(B(B([B])[B])B([B])[B])B(B([B])[B])B([B])[B])B(B([B])[B])B([B])[B]. The molecule has 0 aliphatic heterocycles. The van der Waals surface area contributed by atoms with Gasteiger partial charge in [-0.2, -0.15) is 0 Å². The van der Waals surface area contributed by atoms with Gasteiger partial charge in [-0.05, 0) is 308 Å². The largest absolute Gasteiger partial charge is 0.687 e. The first-order valence-electron chi connectivity index (χ1n) is 20.7. The predicted octanol–water partition coefficient (Wildman–Crippen LogP) is -24.0. The number of hydrogen-bond acceptors (Lipinski definition) is 0. The normalized spacial score (nSPS) is 9.73. The van der Waals surface area contributed by atoms with Gasteiger partial charge < -0.3 is 7.74 Å². The first-order chi connectivity index (χ1) is 28.6. The van der Waals surface area contributed by atoms with E-state index < -0.39 is 192 Å². The quantitative estimate of drug-likeness (QED) is 0.0663. The second kappa shape index (κ2) is 31.0. The Morgan fingerprint density at radius 2 is 0.286 bits per heavy atom. The van der Waals surface area contributed by atoms with E-state index in [9.17, 15) is 0 Å². The predicted molar refractivity (Wildman–Crippen MR) is 363 cm³/mol. The summed E-state index contributed by atoms with van der Waals surface area (Å²) < 4.78 is 0. The van der Waals surface area contributed by atoms with Crippen LogP contribution in [0.5, 0.6) is 0 Å². The fraction of sp³-hybridized carbons (Fsp3) is 0. The number of rotatable bonds is 30. The minimum atomic E-state index is -1.42. The standard InChI is InChI=1S/B63/c1-34(2)52(35(3)4)60(53(36(5)6)37(7)8)50(61(54(38(9)10)39(11)12)55(40(13)14)41(15)16)33-51(62(56(42(17)18)43(19)20)57(44(21)22)45(23)24)63(58(46(25)26)47(27)28)59(48(29)30)49(31)32/q-1. The maximum atomic E-state index is 6.55. The van der Waals surface area contributed by atoms with Crippen LogP contribution in [0.15, 0.2) is 0 Å². The molecule has 0 aliphatic rings. The van der Waals surface area contributed by atoms with Crippen LogP contribution in [0.4, 0.5) is 0 Å². The molecule has 0 bridgehead atoms. The number of hydrogen-bond donors (Lipinski definition) is 0. The third-order valence-corrected chi connectivity index (χ3v) is 12.9. The van der Waals surface area contributed by atoms with Crippen LogP contribution in [0.25, 0.3) is 0 Å². The van der Waals surface area contributed by atoms with Crippen LogP contribution < -0.4 is 0 Å². The maximum Gasteiger partial charge on any atom is 0 e. The summed E-state index contributed by atoms with van der Waals surface area (Å²) >= 11 is 0. The van der Waals surface area contributed by atoms with Crippen molar-refractivity contribution in [3.8, 4) is 0 Å². The first-order valence-corrected chi connectivity index (χ1v) is 20.7. The van der Waals surface area contributed by atoms with E-state index in [1.54, 1.807) is 7.06 Å².